The van der Waals surface area contributed by atoms with Crippen molar-refractivity contribution in [1.82, 2.24) is 0 Å². The van der Waals surface area contributed by atoms with Gasteiger partial charge in [-0.2, -0.15) is 0 Å². The summed E-state index contributed by atoms with van der Waals surface area (Å²) >= 11 is 0. The Balaban J connectivity index is 2.51. The van der Waals surface area contributed by atoms with Crippen molar-refractivity contribution < 1.29 is 9.59 Å². The predicted molar refractivity (Wildman–Crippen MR) is 86.4 cm³/mol. The van der Waals surface area contributed by atoms with E-state index in [0.29, 0.717) is 18.5 Å². The molecule has 0 aliphatic carbocycles. The fourth-order valence-electron chi connectivity index (χ4n) is 1.97. The van der Waals surface area contributed by atoms with E-state index in [0.717, 1.165) is 24.9 Å². The molecule has 0 heterocycles. The van der Waals surface area contributed by atoms with Crippen molar-refractivity contribution in [3.05, 3.63) is 29.8 Å². The summed E-state index contributed by atoms with van der Waals surface area (Å²) in [4.78, 5) is 23.8. The summed E-state index contributed by atoms with van der Waals surface area (Å²) < 4.78 is 0. The highest BCUT2D eigenvalue weighted by atomic mass is 16.1. The van der Waals surface area contributed by atoms with Crippen LogP contribution in [0.5, 0.6) is 0 Å². The van der Waals surface area contributed by atoms with Crippen molar-refractivity contribution >= 4 is 17.4 Å². The molecule has 0 saturated carbocycles. The molecule has 4 heteroatoms. The van der Waals surface area contributed by atoms with Gasteiger partial charge in [0.05, 0.1) is 0 Å². The summed E-state index contributed by atoms with van der Waals surface area (Å²) in [6.45, 7) is 6.36. The summed E-state index contributed by atoms with van der Waals surface area (Å²) in [6, 6.07) is 7.07. The van der Waals surface area contributed by atoms with Gasteiger partial charge in [-0.25, -0.2) is 0 Å². The van der Waals surface area contributed by atoms with Gasteiger partial charge in [-0.15, -0.1) is 0 Å². The van der Waals surface area contributed by atoms with E-state index >= 15 is 0 Å². The Morgan fingerprint density at radius 1 is 1.05 bits per heavy atom. The number of rotatable bonds is 7. The number of benzene rings is 1. The molecule has 0 atom stereocenters. The zero-order chi connectivity index (χ0) is 15.9. The topological polar surface area (TPSA) is 72.2 Å². The van der Waals surface area contributed by atoms with E-state index in [9.17, 15) is 9.59 Å². The monoisotopic (exact) mass is 290 g/mol. The lowest BCUT2D eigenvalue weighted by Crippen LogP contribution is -2.20. The Hall–Kier alpha value is -1.68. The highest BCUT2D eigenvalue weighted by molar-refractivity contribution is 6.00. The van der Waals surface area contributed by atoms with E-state index < -0.39 is 5.41 Å². The van der Waals surface area contributed by atoms with Crippen LogP contribution in [0.2, 0.25) is 0 Å². The van der Waals surface area contributed by atoms with Crippen molar-refractivity contribution in [3.63, 3.8) is 0 Å². The van der Waals surface area contributed by atoms with Crippen LogP contribution in [0, 0.1) is 5.41 Å². The predicted octanol–water partition coefficient (Wildman–Crippen LogP) is 3.37. The van der Waals surface area contributed by atoms with Gasteiger partial charge < -0.3 is 11.1 Å². The molecule has 1 aromatic rings. The van der Waals surface area contributed by atoms with Gasteiger partial charge in [-0.05, 0) is 43.7 Å². The van der Waals surface area contributed by atoms with Gasteiger partial charge in [0.2, 0.25) is 5.91 Å². The molecule has 0 radical (unpaired) electrons. The van der Waals surface area contributed by atoms with Crippen LogP contribution in [0.4, 0.5) is 5.69 Å². The van der Waals surface area contributed by atoms with Gasteiger partial charge in [0.15, 0.2) is 5.78 Å². The number of hydrogen-bond acceptors (Lipinski definition) is 3. The summed E-state index contributed by atoms with van der Waals surface area (Å²) in [6.07, 6.45) is 3.28. The summed E-state index contributed by atoms with van der Waals surface area (Å²) in [7, 11) is 0. The molecular formula is C17H26N2O2. The van der Waals surface area contributed by atoms with Crippen LogP contribution in [-0.2, 0) is 4.79 Å². The molecule has 0 aliphatic rings. The highest BCUT2D eigenvalue weighted by Crippen LogP contribution is 2.21. The number of amides is 1. The number of hydrogen-bond donors (Lipinski definition) is 2. The fraction of sp³-hybridized carbons (Fsp3) is 0.529. The fourth-order valence-corrected chi connectivity index (χ4v) is 1.97. The number of anilines is 1. The van der Waals surface area contributed by atoms with E-state index in [2.05, 4.69) is 5.32 Å². The maximum atomic E-state index is 12.1. The van der Waals surface area contributed by atoms with Gasteiger partial charge >= 0.3 is 0 Å². The van der Waals surface area contributed by atoms with E-state index in [-0.39, 0.29) is 11.7 Å². The zero-order valence-corrected chi connectivity index (χ0v) is 13.2. The molecule has 4 nitrogen and oxygen atoms in total. The molecule has 0 bridgehead atoms. The van der Waals surface area contributed by atoms with Crippen LogP contribution < -0.4 is 11.1 Å². The number of carbonyl (C=O) groups is 2. The van der Waals surface area contributed by atoms with E-state index in [1.807, 2.05) is 20.8 Å². The molecule has 1 amide bonds. The van der Waals surface area contributed by atoms with Crippen LogP contribution in [0.25, 0.3) is 0 Å². The molecule has 0 unspecified atom stereocenters. The molecular weight excluding hydrogens is 264 g/mol. The van der Waals surface area contributed by atoms with Crippen LogP contribution in [0.1, 0.15) is 56.8 Å². The maximum Gasteiger partial charge on any atom is 0.224 e. The number of carbonyl (C=O) groups excluding carboxylic acids is 2. The summed E-state index contributed by atoms with van der Waals surface area (Å²) in [5.74, 6) is 0.101. The SMILES string of the molecule is CC(C)(C)C(=O)c1ccc(NC(=O)CCCCCN)cc1. The average Bonchev–Trinajstić information content (AvgIpc) is 2.43. The zero-order valence-electron chi connectivity index (χ0n) is 13.2. The quantitative estimate of drug-likeness (QED) is 0.597. The first-order chi connectivity index (χ1) is 9.84. The lowest BCUT2D eigenvalue weighted by atomic mass is 9.86. The third kappa shape index (κ3) is 6.08. The Labute approximate surface area is 127 Å². The Bertz CT molecular complexity index is 473. The molecule has 0 saturated heterocycles. The first kappa shape index (κ1) is 17.4. The van der Waals surface area contributed by atoms with Crippen molar-refractivity contribution in [3.8, 4) is 0 Å². The molecule has 0 aliphatic heterocycles. The normalized spacial score (nSPS) is 11.2. The molecule has 0 spiro atoms. The van der Waals surface area contributed by atoms with Crippen molar-refractivity contribution in [1.29, 1.82) is 0 Å². The number of nitrogens with two attached hydrogens (primary N) is 1. The Morgan fingerprint density at radius 2 is 1.67 bits per heavy atom. The van der Waals surface area contributed by atoms with E-state index in [4.69, 9.17) is 5.73 Å². The van der Waals surface area contributed by atoms with Gasteiger partial charge in [0.25, 0.3) is 0 Å². The number of nitrogens with one attached hydrogen (secondary N) is 1. The minimum absolute atomic E-state index is 0.00178. The van der Waals surface area contributed by atoms with Crippen LogP contribution in [0.3, 0.4) is 0 Å². The highest BCUT2D eigenvalue weighted by Gasteiger charge is 2.22. The second kappa shape index (κ2) is 7.93. The lowest BCUT2D eigenvalue weighted by molar-refractivity contribution is -0.116. The average molecular weight is 290 g/mol. The molecule has 0 fully saturated rings. The first-order valence-corrected chi connectivity index (χ1v) is 7.49. The molecule has 1 aromatic carbocycles. The van der Waals surface area contributed by atoms with Crippen molar-refractivity contribution in [2.45, 2.75) is 46.5 Å². The van der Waals surface area contributed by atoms with Gasteiger partial charge in [-0.3, -0.25) is 9.59 Å². The number of unbranched alkanes of at least 4 members (excludes halogenated alkanes) is 2. The number of Topliss-reactive ketones (excluding diaryl/α,β-unsaturated/α-hetero) is 1. The standard InChI is InChI=1S/C17H26N2O2/c1-17(2,3)16(21)13-8-10-14(11-9-13)19-15(20)7-5-4-6-12-18/h8-11H,4-7,12,18H2,1-3H3,(H,19,20). The maximum absolute atomic E-state index is 12.1. The van der Waals surface area contributed by atoms with Crippen LogP contribution >= 0.6 is 0 Å². The van der Waals surface area contributed by atoms with Gasteiger partial charge in [-0.1, -0.05) is 27.2 Å². The minimum Gasteiger partial charge on any atom is -0.330 e. The number of ketones is 1. The largest absolute Gasteiger partial charge is 0.330 e. The first-order valence-electron chi connectivity index (χ1n) is 7.49. The second-order valence-corrected chi connectivity index (χ2v) is 6.30. The van der Waals surface area contributed by atoms with Crippen LogP contribution in [0.15, 0.2) is 24.3 Å². The van der Waals surface area contributed by atoms with Crippen LogP contribution in [-0.4, -0.2) is 18.2 Å². The molecule has 21 heavy (non-hydrogen) atoms. The van der Waals surface area contributed by atoms with Gasteiger partial charge in [0.1, 0.15) is 0 Å². The lowest BCUT2D eigenvalue weighted by Gasteiger charge is -2.16. The molecule has 3 N–H and O–H groups in total. The van der Waals surface area contributed by atoms with Crippen molar-refractivity contribution in [2.75, 3.05) is 11.9 Å². The Kier molecular flexibility index (Phi) is 6.56. The second-order valence-electron chi connectivity index (χ2n) is 6.30. The summed E-state index contributed by atoms with van der Waals surface area (Å²) in [5.41, 5.74) is 6.41. The molecule has 116 valence electrons. The Morgan fingerprint density at radius 3 is 2.19 bits per heavy atom. The molecule has 0 aromatic heterocycles. The van der Waals surface area contributed by atoms with E-state index in [1.54, 1.807) is 24.3 Å². The van der Waals surface area contributed by atoms with Crippen molar-refractivity contribution in [2.24, 2.45) is 11.1 Å². The smallest absolute Gasteiger partial charge is 0.224 e. The summed E-state index contributed by atoms with van der Waals surface area (Å²) in [5, 5.41) is 2.84. The molecule has 1 rings (SSSR count). The third-order valence-corrected chi connectivity index (χ3v) is 3.22. The minimum atomic E-state index is -0.395. The van der Waals surface area contributed by atoms with E-state index in [1.165, 1.54) is 0 Å². The van der Waals surface area contributed by atoms with Gasteiger partial charge in [0, 0.05) is 23.1 Å². The third-order valence-electron chi connectivity index (χ3n) is 3.22.